The van der Waals surface area contributed by atoms with Crippen LogP contribution in [0.25, 0.3) is 0 Å². The van der Waals surface area contributed by atoms with Crippen LogP contribution in [0.2, 0.25) is 5.15 Å². The van der Waals surface area contributed by atoms with Crippen LogP contribution in [-0.4, -0.2) is 34.1 Å². The highest BCUT2D eigenvalue weighted by atomic mass is 35.5. The topological polar surface area (TPSA) is 90.1 Å². The minimum Gasteiger partial charge on any atom is -0.377 e. The van der Waals surface area contributed by atoms with E-state index in [0.717, 1.165) is 6.42 Å². The van der Waals surface area contributed by atoms with Gasteiger partial charge in [0, 0.05) is 23.6 Å². The molecule has 0 bridgehead atoms. The van der Waals surface area contributed by atoms with Crippen molar-refractivity contribution in [3.05, 3.63) is 16.9 Å². The van der Waals surface area contributed by atoms with Gasteiger partial charge in [-0.3, -0.25) is 10.1 Å². The van der Waals surface area contributed by atoms with Gasteiger partial charge in [0.25, 0.3) is 0 Å². The summed E-state index contributed by atoms with van der Waals surface area (Å²) >= 11 is 5.89. The fourth-order valence-corrected chi connectivity index (χ4v) is 3.87. The molecule has 3 N–H and O–H groups in total. The van der Waals surface area contributed by atoms with Gasteiger partial charge in [-0.05, 0) is 19.4 Å². The predicted molar refractivity (Wildman–Crippen MR) is 79.0 cm³/mol. The number of rotatable bonds is 2. The smallest absolute Gasteiger partial charge is 0.247 e. The number of nitrogens with zero attached hydrogens (tertiary/aromatic N) is 2. The van der Waals surface area contributed by atoms with Crippen LogP contribution in [0.1, 0.15) is 26.0 Å². The number of hydrogen-bond acceptors (Lipinski definition) is 5. The van der Waals surface area contributed by atoms with Gasteiger partial charge in [-0.15, -0.1) is 0 Å². The summed E-state index contributed by atoms with van der Waals surface area (Å²) in [6.07, 6.45) is 0.836. The van der Waals surface area contributed by atoms with E-state index in [-0.39, 0.29) is 23.9 Å². The number of carbonyl (C=O) groups is 1. The molecule has 1 aromatic rings. The minimum absolute atomic E-state index is 0.0350. The molecule has 114 valence electrons. The Balaban J connectivity index is 1.85. The van der Waals surface area contributed by atoms with E-state index in [4.69, 9.17) is 22.1 Å². The second kappa shape index (κ2) is 4.63. The highest BCUT2D eigenvalue weighted by Crippen LogP contribution is 2.58. The van der Waals surface area contributed by atoms with Crippen LogP contribution in [0.15, 0.2) is 6.07 Å². The van der Waals surface area contributed by atoms with E-state index in [1.54, 1.807) is 13.0 Å². The quantitative estimate of drug-likeness (QED) is 0.808. The van der Waals surface area contributed by atoms with Crippen molar-refractivity contribution < 1.29 is 9.53 Å². The van der Waals surface area contributed by atoms with Gasteiger partial charge < -0.3 is 10.5 Å². The first-order valence-electron chi connectivity index (χ1n) is 7.00. The second-order valence-electron chi connectivity index (χ2n) is 6.39. The van der Waals surface area contributed by atoms with Crippen LogP contribution in [0.4, 0.5) is 5.95 Å². The lowest BCUT2D eigenvalue weighted by Gasteiger charge is -2.60. The van der Waals surface area contributed by atoms with E-state index >= 15 is 0 Å². The van der Waals surface area contributed by atoms with Crippen molar-refractivity contribution in [1.82, 2.24) is 9.97 Å². The van der Waals surface area contributed by atoms with Gasteiger partial charge in [0.15, 0.2) is 0 Å². The number of aromatic nitrogens is 2. The van der Waals surface area contributed by atoms with Crippen molar-refractivity contribution in [2.75, 3.05) is 11.9 Å². The normalized spacial score (nSPS) is 33.2. The highest BCUT2D eigenvalue weighted by Gasteiger charge is 2.71. The fourth-order valence-electron chi connectivity index (χ4n) is 3.64. The molecule has 2 heterocycles. The Morgan fingerprint density at radius 1 is 1.52 bits per heavy atom. The fraction of sp³-hybridized carbons (Fsp3) is 0.643. The summed E-state index contributed by atoms with van der Waals surface area (Å²) in [5.74, 6) is -0.0540. The number of halogens is 1. The number of nitrogens with one attached hydrogen (secondary N) is 1. The van der Waals surface area contributed by atoms with Crippen LogP contribution in [0.3, 0.4) is 0 Å². The SMILES string of the molecule is Cc1cc(Cl)nc(NC(=O)C2(N)C3CCOC3C2(C)C)n1. The summed E-state index contributed by atoms with van der Waals surface area (Å²) in [6, 6.07) is 1.63. The molecule has 3 atom stereocenters. The molecule has 2 aliphatic rings. The van der Waals surface area contributed by atoms with Crippen LogP contribution in [-0.2, 0) is 9.53 Å². The van der Waals surface area contributed by atoms with E-state index < -0.39 is 11.0 Å². The van der Waals surface area contributed by atoms with E-state index in [0.29, 0.717) is 17.5 Å². The average Bonchev–Trinajstić information content (AvgIpc) is 2.84. The molecule has 0 radical (unpaired) electrons. The lowest BCUT2D eigenvalue weighted by Crippen LogP contribution is -2.79. The number of anilines is 1. The van der Waals surface area contributed by atoms with Crippen molar-refractivity contribution in [3.63, 3.8) is 0 Å². The molecule has 0 aromatic carbocycles. The molecule has 6 nitrogen and oxygen atoms in total. The lowest BCUT2D eigenvalue weighted by molar-refractivity contribution is -0.170. The Kier molecular flexibility index (Phi) is 3.24. The highest BCUT2D eigenvalue weighted by molar-refractivity contribution is 6.29. The average molecular weight is 311 g/mol. The maximum Gasteiger partial charge on any atom is 0.247 e. The first-order chi connectivity index (χ1) is 9.76. The number of amides is 1. The maximum atomic E-state index is 12.7. The Labute approximate surface area is 128 Å². The monoisotopic (exact) mass is 310 g/mol. The molecule has 1 aromatic heterocycles. The number of aryl methyl sites for hydroxylation is 1. The van der Waals surface area contributed by atoms with E-state index in [1.807, 2.05) is 13.8 Å². The maximum absolute atomic E-state index is 12.7. The van der Waals surface area contributed by atoms with E-state index in [1.165, 1.54) is 0 Å². The van der Waals surface area contributed by atoms with Gasteiger partial charge in [-0.25, -0.2) is 9.97 Å². The third kappa shape index (κ3) is 1.97. The zero-order valence-corrected chi connectivity index (χ0v) is 13.1. The summed E-state index contributed by atoms with van der Waals surface area (Å²) < 4.78 is 5.69. The van der Waals surface area contributed by atoms with Crippen LogP contribution >= 0.6 is 11.6 Å². The molecule has 1 saturated carbocycles. The summed E-state index contributed by atoms with van der Waals surface area (Å²) in [5, 5.41) is 3.00. The van der Waals surface area contributed by atoms with Gasteiger partial charge in [0.1, 0.15) is 10.7 Å². The summed E-state index contributed by atoms with van der Waals surface area (Å²) in [7, 11) is 0. The van der Waals surface area contributed by atoms with Gasteiger partial charge in [0.2, 0.25) is 11.9 Å². The van der Waals surface area contributed by atoms with Crippen LogP contribution in [0.5, 0.6) is 0 Å². The minimum atomic E-state index is -0.978. The number of nitrogens with two attached hydrogens (primary N) is 1. The van der Waals surface area contributed by atoms with Crippen LogP contribution < -0.4 is 11.1 Å². The van der Waals surface area contributed by atoms with Gasteiger partial charge >= 0.3 is 0 Å². The van der Waals surface area contributed by atoms with Crippen molar-refractivity contribution in [3.8, 4) is 0 Å². The standard InChI is InChI=1S/C14H19ClN4O2/c1-7-6-9(15)18-12(17-7)19-11(20)14(16)8-4-5-21-10(8)13(14,2)3/h6,8,10H,4-5,16H2,1-3H3,(H,17,18,19,20). The zero-order chi connectivity index (χ0) is 15.4. The zero-order valence-electron chi connectivity index (χ0n) is 12.3. The molecule has 2 fully saturated rings. The molecule has 1 aliphatic heterocycles. The third-order valence-electron chi connectivity index (χ3n) is 4.88. The number of carbonyl (C=O) groups excluding carboxylic acids is 1. The number of ether oxygens (including phenoxy) is 1. The van der Waals surface area contributed by atoms with Crippen molar-refractivity contribution in [2.45, 2.75) is 38.8 Å². The first kappa shape index (κ1) is 14.7. The van der Waals surface area contributed by atoms with Gasteiger partial charge in [-0.2, -0.15) is 0 Å². The van der Waals surface area contributed by atoms with Crippen LogP contribution in [0, 0.1) is 18.3 Å². The second-order valence-corrected chi connectivity index (χ2v) is 6.77. The Morgan fingerprint density at radius 2 is 2.24 bits per heavy atom. The van der Waals surface area contributed by atoms with Crippen molar-refractivity contribution in [1.29, 1.82) is 0 Å². The van der Waals surface area contributed by atoms with Crippen molar-refractivity contribution in [2.24, 2.45) is 17.1 Å². The molecule has 3 unspecified atom stereocenters. The Hall–Kier alpha value is -1.24. The van der Waals surface area contributed by atoms with Crippen molar-refractivity contribution >= 4 is 23.5 Å². The molecule has 21 heavy (non-hydrogen) atoms. The molecular weight excluding hydrogens is 292 g/mol. The molecular formula is C14H19ClN4O2. The van der Waals surface area contributed by atoms with E-state index in [9.17, 15) is 4.79 Å². The van der Waals surface area contributed by atoms with E-state index in [2.05, 4.69) is 15.3 Å². The summed E-state index contributed by atoms with van der Waals surface area (Å²) in [5.41, 5.74) is 5.74. The summed E-state index contributed by atoms with van der Waals surface area (Å²) in [4.78, 5) is 20.9. The number of fused-ring (bicyclic) bond motifs is 1. The van der Waals surface area contributed by atoms with Gasteiger partial charge in [-0.1, -0.05) is 25.4 Å². The first-order valence-corrected chi connectivity index (χ1v) is 7.37. The number of hydrogen-bond donors (Lipinski definition) is 2. The molecule has 3 rings (SSSR count). The molecule has 1 aliphatic carbocycles. The predicted octanol–water partition coefficient (Wildman–Crippen LogP) is 1.52. The summed E-state index contributed by atoms with van der Waals surface area (Å²) in [6.45, 7) is 6.36. The Morgan fingerprint density at radius 3 is 2.90 bits per heavy atom. The van der Waals surface area contributed by atoms with Gasteiger partial charge in [0.05, 0.1) is 6.10 Å². The Bertz CT molecular complexity index is 586. The molecule has 1 saturated heterocycles. The molecule has 7 heteroatoms. The largest absolute Gasteiger partial charge is 0.377 e. The lowest BCUT2D eigenvalue weighted by atomic mass is 9.48. The third-order valence-corrected chi connectivity index (χ3v) is 5.07. The molecule has 1 amide bonds. The molecule has 0 spiro atoms.